The normalized spacial score (nSPS) is 11.8. The maximum absolute atomic E-state index is 4.60. The molecule has 6 nitrogen and oxygen atoms in total. The summed E-state index contributed by atoms with van der Waals surface area (Å²) in [5, 5.41) is 11.3. The number of aromatic nitrogens is 2. The molecule has 0 fully saturated rings. The maximum Gasteiger partial charge on any atom is 0.191 e. The summed E-state index contributed by atoms with van der Waals surface area (Å²) in [5.74, 6) is 0.798. The number of guanidine groups is 1. The van der Waals surface area contributed by atoms with Crippen molar-refractivity contribution in [3.63, 3.8) is 0 Å². The second-order valence-electron chi connectivity index (χ2n) is 6.87. The summed E-state index contributed by atoms with van der Waals surface area (Å²) in [6.45, 7) is 11.4. The van der Waals surface area contributed by atoms with E-state index in [-0.39, 0.29) is 24.0 Å². The van der Waals surface area contributed by atoms with Gasteiger partial charge >= 0.3 is 0 Å². The predicted octanol–water partition coefficient (Wildman–Crippen LogP) is 3.27. The molecule has 1 heterocycles. The fourth-order valence-corrected chi connectivity index (χ4v) is 2.99. The first-order valence-electron chi connectivity index (χ1n) is 9.31. The molecule has 0 aliphatic heterocycles. The highest BCUT2D eigenvalue weighted by Gasteiger charge is 2.12. The van der Waals surface area contributed by atoms with Gasteiger partial charge in [-0.3, -0.25) is 9.89 Å². The third-order valence-electron chi connectivity index (χ3n) is 4.31. The number of halogens is 1. The van der Waals surface area contributed by atoms with Crippen LogP contribution in [0.5, 0.6) is 0 Å². The molecule has 0 aliphatic carbocycles. The molecule has 2 rings (SSSR count). The molecule has 0 saturated heterocycles. The van der Waals surface area contributed by atoms with Crippen molar-refractivity contribution in [1.82, 2.24) is 25.3 Å². The SMILES string of the molecule is CN=C(NCCN(C(C)C)C(C)C)NCc1ccn(-c2ccccc2)n1.I. The highest BCUT2D eigenvalue weighted by atomic mass is 127. The number of para-hydroxylation sites is 1. The van der Waals surface area contributed by atoms with Gasteiger partial charge in [0.25, 0.3) is 0 Å². The molecule has 0 radical (unpaired) electrons. The Bertz CT molecular complexity index is 673. The molecule has 0 bridgehead atoms. The summed E-state index contributed by atoms with van der Waals surface area (Å²) in [7, 11) is 1.79. The van der Waals surface area contributed by atoms with E-state index >= 15 is 0 Å². The van der Waals surface area contributed by atoms with Crippen molar-refractivity contribution in [1.29, 1.82) is 0 Å². The van der Waals surface area contributed by atoms with Crippen molar-refractivity contribution in [2.24, 2.45) is 4.99 Å². The van der Waals surface area contributed by atoms with Gasteiger partial charge in [-0.05, 0) is 45.9 Å². The second-order valence-corrected chi connectivity index (χ2v) is 6.87. The van der Waals surface area contributed by atoms with Crippen molar-refractivity contribution in [3.05, 3.63) is 48.3 Å². The smallest absolute Gasteiger partial charge is 0.191 e. The van der Waals surface area contributed by atoms with Crippen molar-refractivity contribution in [2.75, 3.05) is 20.1 Å². The molecule has 1 aromatic carbocycles. The standard InChI is InChI=1S/C20H32N6.HI/c1-16(2)25(17(3)4)14-12-22-20(21-5)23-15-18-11-13-26(24-18)19-9-7-6-8-10-19;/h6-11,13,16-17H,12,14-15H2,1-5H3,(H2,21,22,23);1H. The summed E-state index contributed by atoms with van der Waals surface area (Å²) in [5.41, 5.74) is 2.03. The molecule has 0 saturated carbocycles. The van der Waals surface area contributed by atoms with Crippen molar-refractivity contribution >= 4 is 29.9 Å². The van der Waals surface area contributed by atoms with Crippen LogP contribution in [-0.2, 0) is 6.54 Å². The Kier molecular flexibility index (Phi) is 10.4. The largest absolute Gasteiger partial charge is 0.355 e. The van der Waals surface area contributed by atoms with Gasteiger partial charge in [-0.15, -0.1) is 24.0 Å². The lowest BCUT2D eigenvalue weighted by molar-refractivity contribution is 0.178. The number of rotatable bonds is 8. The van der Waals surface area contributed by atoms with E-state index in [9.17, 15) is 0 Å². The fraction of sp³-hybridized carbons (Fsp3) is 0.500. The van der Waals surface area contributed by atoms with Gasteiger partial charge in [0.2, 0.25) is 0 Å². The topological polar surface area (TPSA) is 57.5 Å². The van der Waals surface area contributed by atoms with Crippen LogP contribution in [0, 0.1) is 0 Å². The lowest BCUT2D eigenvalue weighted by Crippen LogP contribution is -2.45. The molecule has 0 spiro atoms. The number of hydrogen-bond donors (Lipinski definition) is 2. The van der Waals surface area contributed by atoms with E-state index in [0.717, 1.165) is 30.4 Å². The van der Waals surface area contributed by atoms with Gasteiger partial charge < -0.3 is 10.6 Å². The zero-order valence-electron chi connectivity index (χ0n) is 17.0. The Balaban J connectivity index is 0.00000364. The minimum atomic E-state index is 0. The molecule has 0 aliphatic rings. The minimum absolute atomic E-state index is 0. The summed E-state index contributed by atoms with van der Waals surface area (Å²) >= 11 is 0. The van der Waals surface area contributed by atoms with Gasteiger partial charge in [0.1, 0.15) is 0 Å². The molecular formula is C20H33IN6. The lowest BCUT2D eigenvalue weighted by Gasteiger charge is -2.30. The average molecular weight is 484 g/mol. The van der Waals surface area contributed by atoms with Crippen LogP contribution in [0.25, 0.3) is 5.69 Å². The van der Waals surface area contributed by atoms with Gasteiger partial charge in [-0.25, -0.2) is 4.68 Å². The fourth-order valence-electron chi connectivity index (χ4n) is 2.99. The van der Waals surface area contributed by atoms with Gasteiger partial charge in [0.15, 0.2) is 5.96 Å². The van der Waals surface area contributed by atoms with E-state index in [4.69, 9.17) is 0 Å². The Morgan fingerprint density at radius 1 is 1.07 bits per heavy atom. The molecule has 0 amide bonds. The zero-order chi connectivity index (χ0) is 18.9. The molecule has 1 aromatic heterocycles. The van der Waals surface area contributed by atoms with E-state index in [1.54, 1.807) is 7.05 Å². The Labute approximate surface area is 180 Å². The summed E-state index contributed by atoms with van der Waals surface area (Å²) in [6.07, 6.45) is 1.98. The maximum atomic E-state index is 4.60. The van der Waals surface area contributed by atoms with E-state index in [0.29, 0.717) is 18.6 Å². The summed E-state index contributed by atoms with van der Waals surface area (Å²) < 4.78 is 1.89. The Morgan fingerprint density at radius 2 is 1.74 bits per heavy atom. The van der Waals surface area contributed by atoms with E-state index in [1.807, 2.05) is 47.3 Å². The van der Waals surface area contributed by atoms with Crippen molar-refractivity contribution < 1.29 is 0 Å². The first-order chi connectivity index (χ1) is 12.5. The van der Waals surface area contributed by atoms with Gasteiger partial charge in [-0.1, -0.05) is 18.2 Å². The van der Waals surface area contributed by atoms with Gasteiger partial charge in [0, 0.05) is 38.4 Å². The van der Waals surface area contributed by atoms with Crippen molar-refractivity contribution in [3.8, 4) is 5.69 Å². The number of aliphatic imine (C=N–C) groups is 1. The van der Waals surface area contributed by atoms with Crippen LogP contribution < -0.4 is 10.6 Å². The number of nitrogens with zero attached hydrogens (tertiary/aromatic N) is 4. The first-order valence-corrected chi connectivity index (χ1v) is 9.31. The first kappa shape index (κ1) is 23.4. The molecule has 7 heteroatoms. The van der Waals surface area contributed by atoms with E-state index in [2.05, 4.69) is 53.3 Å². The Hall–Kier alpha value is -1.61. The van der Waals surface area contributed by atoms with Crippen LogP contribution in [0.3, 0.4) is 0 Å². The lowest BCUT2D eigenvalue weighted by atomic mass is 10.2. The molecule has 0 atom stereocenters. The molecule has 150 valence electrons. The number of nitrogens with one attached hydrogen (secondary N) is 2. The van der Waals surface area contributed by atoms with Crippen LogP contribution in [0.2, 0.25) is 0 Å². The number of hydrogen-bond acceptors (Lipinski definition) is 3. The van der Waals surface area contributed by atoms with Crippen LogP contribution in [0.4, 0.5) is 0 Å². The van der Waals surface area contributed by atoms with Crippen LogP contribution >= 0.6 is 24.0 Å². The third kappa shape index (κ3) is 7.50. The van der Waals surface area contributed by atoms with Gasteiger partial charge in [-0.2, -0.15) is 5.10 Å². The highest BCUT2D eigenvalue weighted by Crippen LogP contribution is 2.06. The third-order valence-corrected chi connectivity index (χ3v) is 4.31. The molecule has 27 heavy (non-hydrogen) atoms. The number of benzene rings is 1. The predicted molar refractivity (Wildman–Crippen MR) is 124 cm³/mol. The van der Waals surface area contributed by atoms with Crippen LogP contribution in [0.15, 0.2) is 47.6 Å². The van der Waals surface area contributed by atoms with E-state index in [1.165, 1.54) is 0 Å². The highest BCUT2D eigenvalue weighted by molar-refractivity contribution is 14.0. The quantitative estimate of drug-likeness (QED) is 0.343. The second kappa shape index (κ2) is 12.0. The van der Waals surface area contributed by atoms with Crippen LogP contribution in [-0.4, -0.2) is 52.9 Å². The zero-order valence-corrected chi connectivity index (χ0v) is 19.3. The van der Waals surface area contributed by atoms with Crippen LogP contribution in [0.1, 0.15) is 33.4 Å². The molecule has 2 aromatic rings. The molecular weight excluding hydrogens is 451 g/mol. The Morgan fingerprint density at radius 3 is 2.33 bits per heavy atom. The molecule has 0 unspecified atom stereocenters. The molecule has 2 N–H and O–H groups in total. The van der Waals surface area contributed by atoms with Crippen molar-refractivity contribution in [2.45, 2.75) is 46.3 Å². The van der Waals surface area contributed by atoms with E-state index < -0.39 is 0 Å². The monoisotopic (exact) mass is 484 g/mol. The van der Waals surface area contributed by atoms with Gasteiger partial charge in [0.05, 0.1) is 17.9 Å². The summed E-state index contributed by atoms with van der Waals surface area (Å²) in [4.78, 5) is 6.76. The summed E-state index contributed by atoms with van der Waals surface area (Å²) in [6, 6.07) is 13.2. The average Bonchev–Trinajstić information content (AvgIpc) is 3.10. The minimum Gasteiger partial charge on any atom is -0.355 e.